The molecule has 0 aliphatic carbocycles. The van der Waals surface area contributed by atoms with Crippen molar-refractivity contribution >= 4 is 39.9 Å². The van der Waals surface area contributed by atoms with Crippen LogP contribution in [0.25, 0.3) is 0 Å². The average molecular weight is 368 g/mol. The lowest BCUT2D eigenvalue weighted by Crippen LogP contribution is -2.12. The molecule has 2 rings (SSSR count). The zero-order chi connectivity index (χ0) is 13.8. The van der Waals surface area contributed by atoms with Crippen LogP contribution in [0.1, 0.15) is 10.4 Å². The molecule has 5 heteroatoms. The van der Waals surface area contributed by atoms with Crippen molar-refractivity contribution in [2.45, 2.75) is 0 Å². The number of benzene rings is 2. The number of carbonyl (C=O) groups excluding carboxylic acids is 1. The minimum Gasteiger partial charge on any atom is -0.495 e. The van der Waals surface area contributed by atoms with E-state index in [0.717, 1.165) is 9.26 Å². The number of ether oxygens (including phenoxy) is 1. The van der Waals surface area contributed by atoms with Gasteiger partial charge < -0.3 is 15.8 Å². The first-order valence-electron chi connectivity index (χ1n) is 5.60. The van der Waals surface area contributed by atoms with E-state index in [0.29, 0.717) is 17.0 Å². The molecule has 0 aliphatic heterocycles. The lowest BCUT2D eigenvalue weighted by Gasteiger charge is -2.08. The molecule has 0 aliphatic rings. The van der Waals surface area contributed by atoms with Crippen molar-refractivity contribution in [2.75, 3.05) is 18.2 Å². The van der Waals surface area contributed by atoms with Crippen molar-refractivity contribution in [3.8, 4) is 5.75 Å². The highest BCUT2D eigenvalue weighted by molar-refractivity contribution is 14.1. The normalized spacial score (nSPS) is 10.0. The summed E-state index contributed by atoms with van der Waals surface area (Å²) in [6.07, 6.45) is 0. The fourth-order valence-electron chi connectivity index (χ4n) is 1.62. The van der Waals surface area contributed by atoms with Crippen LogP contribution in [0.15, 0.2) is 42.5 Å². The van der Waals surface area contributed by atoms with Gasteiger partial charge in [0, 0.05) is 14.8 Å². The second-order valence-corrected chi connectivity index (χ2v) is 5.17. The Labute approximate surface area is 125 Å². The molecule has 0 radical (unpaired) electrons. The van der Waals surface area contributed by atoms with Crippen LogP contribution in [0.5, 0.6) is 5.75 Å². The Morgan fingerprint density at radius 1 is 1.26 bits per heavy atom. The van der Waals surface area contributed by atoms with E-state index in [2.05, 4.69) is 27.9 Å². The van der Waals surface area contributed by atoms with Crippen molar-refractivity contribution in [3.63, 3.8) is 0 Å². The number of hydrogen-bond donors (Lipinski definition) is 2. The number of hydrogen-bond acceptors (Lipinski definition) is 3. The highest BCUT2D eigenvalue weighted by atomic mass is 127. The monoisotopic (exact) mass is 368 g/mol. The molecular formula is C14H13IN2O2. The number of nitrogens with two attached hydrogens (primary N) is 1. The molecule has 0 spiro atoms. The summed E-state index contributed by atoms with van der Waals surface area (Å²) in [6, 6.07) is 12.5. The Balaban J connectivity index is 2.20. The summed E-state index contributed by atoms with van der Waals surface area (Å²) >= 11 is 2.19. The molecule has 3 N–H and O–H groups in total. The first kappa shape index (κ1) is 13.7. The summed E-state index contributed by atoms with van der Waals surface area (Å²) in [5.41, 5.74) is 7.48. The number of carbonyl (C=O) groups is 1. The third-order valence-electron chi connectivity index (χ3n) is 2.58. The summed E-state index contributed by atoms with van der Waals surface area (Å²) in [6.45, 7) is 0. The lowest BCUT2D eigenvalue weighted by atomic mass is 10.1. The van der Waals surface area contributed by atoms with Gasteiger partial charge in [-0.15, -0.1) is 0 Å². The highest BCUT2D eigenvalue weighted by Crippen LogP contribution is 2.23. The molecule has 98 valence electrons. The summed E-state index contributed by atoms with van der Waals surface area (Å²) < 4.78 is 6.16. The summed E-state index contributed by atoms with van der Waals surface area (Å²) in [7, 11) is 1.52. The van der Waals surface area contributed by atoms with Crippen LogP contribution < -0.4 is 15.8 Å². The molecule has 4 nitrogen and oxygen atoms in total. The van der Waals surface area contributed by atoms with Crippen molar-refractivity contribution in [2.24, 2.45) is 0 Å². The van der Waals surface area contributed by atoms with Gasteiger partial charge in [-0.25, -0.2) is 0 Å². The Morgan fingerprint density at radius 3 is 2.74 bits per heavy atom. The van der Waals surface area contributed by atoms with Crippen LogP contribution in [0.4, 0.5) is 11.4 Å². The zero-order valence-electron chi connectivity index (χ0n) is 10.3. The summed E-state index contributed by atoms with van der Waals surface area (Å²) in [5, 5.41) is 2.83. The van der Waals surface area contributed by atoms with E-state index in [1.807, 2.05) is 24.3 Å². The molecule has 2 aromatic rings. The first-order chi connectivity index (χ1) is 9.10. The molecule has 19 heavy (non-hydrogen) atoms. The molecular weight excluding hydrogens is 355 g/mol. The fourth-order valence-corrected chi connectivity index (χ4v) is 2.16. The SMILES string of the molecule is COc1cc(C(=O)Nc2cccc(I)c2)ccc1N. The highest BCUT2D eigenvalue weighted by Gasteiger charge is 2.09. The third-order valence-corrected chi connectivity index (χ3v) is 3.25. The van der Waals surface area contributed by atoms with Crippen LogP contribution >= 0.6 is 22.6 Å². The van der Waals surface area contributed by atoms with Crippen molar-refractivity contribution in [1.29, 1.82) is 0 Å². The minimum absolute atomic E-state index is 0.194. The number of methoxy groups -OCH3 is 1. The number of halogens is 1. The van der Waals surface area contributed by atoms with Gasteiger partial charge in [0.1, 0.15) is 5.75 Å². The van der Waals surface area contributed by atoms with Crippen LogP contribution in [0.3, 0.4) is 0 Å². The molecule has 0 saturated carbocycles. The minimum atomic E-state index is -0.194. The molecule has 0 bridgehead atoms. The van der Waals surface area contributed by atoms with Gasteiger partial charge in [-0.3, -0.25) is 4.79 Å². The predicted molar refractivity (Wildman–Crippen MR) is 84.5 cm³/mol. The molecule has 0 atom stereocenters. The number of anilines is 2. The van der Waals surface area contributed by atoms with E-state index in [9.17, 15) is 4.79 Å². The van der Waals surface area contributed by atoms with Crippen LogP contribution in [-0.4, -0.2) is 13.0 Å². The first-order valence-corrected chi connectivity index (χ1v) is 6.68. The Morgan fingerprint density at radius 2 is 2.05 bits per heavy atom. The van der Waals surface area contributed by atoms with Gasteiger partial charge in [0.15, 0.2) is 0 Å². The van der Waals surface area contributed by atoms with Crippen LogP contribution in [0.2, 0.25) is 0 Å². The van der Waals surface area contributed by atoms with Gasteiger partial charge in [0.25, 0.3) is 5.91 Å². The fraction of sp³-hybridized carbons (Fsp3) is 0.0714. The van der Waals surface area contributed by atoms with Gasteiger partial charge >= 0.3 is 0 Å². The quantitative estimate of drug-likeness (QED) is 0.646. The van der Waals surface area contributed by atoms with Crippen LogP contribution in [-0.2, 0) is 0 Å². The second kappa shape index (κ2) is 5.92. The van der Waals surface area contributed by atoms with Crippen molar-refractivity contribution in [1.82, 2.24) is 0 Å². The molecule has 0 saturated heterocycles. The Kier molecular flexibility index (Phi) is 4.26. The average Bonchev–Trinajstić information content (AvgIpc) is 2.39. The van der Waals surface area contributed by atoms with E-state index >= 15 is 0 Å². The smallest absolute Gasteiger partial charge is 0.255 e. The number of amides is 1. The number of rotatable bonds is 3. The van der Waals surface area contributed by atoms with E-state index in [4.69, 9.17) is 10.5 Å². The van der Waals surface area contributed by atoms with Gasteiger partial charge in [-0.1, -0.05) is 6.07 Å². The summed E-state index contributed by atoms with van der Waals surface area (Å²) in [5.74, 6) is 0.301. The van der Waals surface area contributed by atoms with E-state index in [1.54, 1.807) is 18.2 Å². The lowest BCUT2D eigenvalue weighted by molar-refractivity contribution is 0.102. The topological polar surface area (TPSA) is 64.3 Å². The van der Waals surface area contributed by atoms with Gasteiger partial charge in [0.05, 0.1) is 12.8 Å². The number of nitrogen functional groups attached to an aromatic ring is 1. The molecule has 2 aromatic carbocycles. The third kappa shape index (κ3) is 3.37. The maximum absolute atomic E-state index is 12.1. The molecule has 0 fully saturated rings. The van der Waals surface area contributed by atoms with Crippen LogP contribution in [0, 0.1) is 3.57 Å². The van der Waals surface area contributed by atoms with E-state index in [-0.39, 0.29) is 5.91 Å². The van der Waals surface area contributed by atoms with Gasteiger partial charge in [-0.05, 0) is 59.0 Å². The summed E-state index contributed by atoms with van der Waals surface area (Å²) in [4.78, 5) is 12.1. The zero-order valence-corrected chi connectivity index (χ0v) is 12.5. The van der Waals surface area contributed by atoms with Gasteiger partial charge in [-0.2, -0.15) is 0 Å². The number of nitrogens with one attached hydrogen (secondary N) is 1. The maximum Gasteiger partial charge on any atom is 0.255 e. The molecule has 0 unspecified atom stereocenters. The Hall–Kier alpha value is -1.76. The van der Waals surface area contributed by atoms with E-state index in [1.165, 1.54) is 7.11 Å². The molecule has 1 amide bonds. The molecule has 0 aromatic heterocycles. The van der Waals surface area contributed by atoms with E-state index < -0.39 is 0 Å². The van der Waals surface area contributed by atoms with Gasteiger partial charge in [0.2, 0.25) is 0 Å². The molecule has 0 heterocycles. The van der Waals surface area contributed by atoms with Crippen molar-refractivity contribution in [3.05, 3.63) is 51.6 Å². The van der Waals surface area contributed by atoms with Crippen molar-refractivity contribution < 1.29 is 9.53 Å². The predicted octanol–water partition coefficient (Wildman–Crippen LogP) is 3.13. The largest absolute Gasteiger partial charge is 0.495 e. The maximum atomic E-state index is 12.1. The second-order valence-electron chi connectivity index (χ2n) is 3.92. The Bertz CT molecular complexity index is 614. The standard InChI is InChI=1S/C14H13IN2O2/c1-19-13-7-9(5-6-12(13)16)14(18)17-11-4-2-3-10(15)8-11/h2-8H,16H2,1H3,(H,17,18).